The molecule has 0 unspecified atom stereocenters. The molecule has 6 heteroatoms. The Kier molecular flexibility index (Phi) is 4.93. The lowest BCUT2D eigenvalue weighted by atomic mass is 10.1. The Bertz CT molecular complexity index is 567. The van der Waals surface area contributed by atoms with Gasteiger partial charge in [0.05, 0.1) is 29.2 Å². The maximum absolute atomic E-state index is 12.2. The van der Waals surface area contributed by atoms with Crippen LogP contribution in [0.4, 0.5) is 0 Å². The molecule has 0 radical (unpaired) electrons. The molecule has 1 N–H and O–H groups in total. The van der Waals surface area contributed by atoms with Gasteiger partial charge in [-0.1, -0.05) is 29.3 Å². The third-order valence-corrected chi connectivity index (χ3v) is 5.05. The summed E-state index contributed by atoms with van der Waals surface area (Å²) < 4.78 is 5.68. The second-order valence-corrected chi connectivity index (χ2v) is 6.99. The molecule has 2 aliphatic heterocycles. The average Bonchev–Trinajstić information content (AvgIpc) is 2.84. The number of nitrogens with one attached hydrogen (secondary N) is 1. The molecule has 22 heavy (non-hydrogen) atoms. The first-order valence-corrected chi connectivity index (χ1v) is 8.36. The number of rotatable bonds is 3. The number of carbonyl (C=O) groups is 1. The number of fused-ring (bicyclic) bond motifs is 1. The van der Waals surface area contributed by atoms with Crippen LogP contribution in [0.3, 0.4) is 0 Å². The molecule has 0 saturated carbocycles. The Morgan fingerprint density at radius 3 is 2.95 bits per heavy atom. The Morgan fingerprint density at radius 2 is 2.18 bits per heavy atom. The van der Waals surface area contributed by atoms with Gasteiger partial charge in [-0.3, -0.25) is 9.69 Å². The summed E-state index contributed by atoms with van der Waals surface area (Å²) in [7, 11) is 0. The minimum atomic E-state index is 0.0252. The minimum Gasteiger partial charge on any atom is -0.376 e. The van der Waals surface area contributed by atoms with E-state index in [4.69, 9.17) is 27.9 Å². The summed E-state index contributed by atoms with van der Waals surface area (Å²) in [6, 6.07) is 5.94. The van der Waals surface area contributed by atoms with E-state index >= 15 is 0 Å². The first-order valence-electron chi connectivity index (χ1n) is 7.60. The van der Waals surface area contributed by atoms with Gasteiger partial charge in [-0.05, 0) is 31.0 Å². The van der Waals surface area contributed by atoms with E-state index in [0.29, 0.717) is 22.5 Å². The van der Waals surface area contributed by atoms with Gasteiger partial charge in [-0.25, -0.2) is 0 Å². The minimum absolute atomic E-state index is 0.0252. The van der Waals surface area contributed by atoms with Crippen LogP contribution in [-0.2, 0) is 16.0 Å². The van der Waals surface area contributed by atoms with Gasteiger partial charge >= 0.3 is 0 Å². The zero-order chi connectivity index (χ0) is 15.7. The Labute approximate surface area is 140 Å². The van der Waals surface area contributed by atoms with Crippen molar-refractivity contribution in [3.63, 3.8) is 0 Å². The number of amides is 1. The van der Waals surface area contributed by atoms with E-state index in [1.165, 1.54) is 0 Å². The van der Waals surface area contributed by atoms with Crippen molar-refractivity contribution in [1.82, 2.24) is 10.2 Å². The fraction of sp³-hybridized carbons (Fsp3) is 0.562. The summed E-state index contributed by atoms with van der Waals surface area (Å²) in [6.07, 6.45) is 1.56. The van der Waals surface area contributed by atoms with Crippen molar-refractivity contribution in [2.24, 2.45) is 0 Å². The van der Waals surface area contributed by atoms with Gasteiger partial charge < -0.3 is 10.1 Å². The smallest absolute Gasteiger partial charge is 0.224 e. The molecule has 3 rings (SSSR count). The highest BCUT2D eigenvalue weighted by molar-refractivity contribution is 6.42. The molecule has 0 bridgehead atoms. The second-order valence-electron chi connectivity index (χ2n) is 6.18. The summed E-state index contributed by atoms with van der Waals surface area (Å²) in [6.45, 7) is 4.71. The van der Waals surface area contributed by atoms with Crippen molar-refractivity contribution >= 4 is 29.1 Å². The van der Waals surface area contributed by atoms with Crippen LogP contribution in [0.1, 0.15) is 18.9 Å². The van der Waals surface area contributed by atoms with Crippen molar-refractivity contribution in [1.29, 1.82) is 0 Å². The molecule has 2 aliphatic rings. The maximum atomic E-state index is 12.2. The van der Waals surface area contributed by atoms with E-state index in [2.05, 4.69) is 17.1 Å². The topological polar surface area (TPSA) is 41.6 Å². The number of hydrogen-bond acceptors (Lipinski definition) is 3. The van der Waals surface area contributed by atoms with E-state index in [1.807, 2.05) is 6.07 Å². The molecular weight excluding hydrogens is 323 g/mol. The number of morpholine rings is 1. The van der Waals surface area contributed by atoms with Crippen LogP contribution in [0.5, 0.6) is 0 Å². The molecule has 120 valence electrons. The number of halogens is 2. The largest absolute Gasteiger partial charge is 0.376 e. The van der Waals surface area contributed by atoms with Crippen LogP contribution in [0, 0.1) is 0 Å². The van der Waals surface area contributed by atoms with Gasteiger partial charge in [0.15, 0.2) is 0 Å². The Hall–Kier alpha value is -0.810. The molecule has 0 aromatic heterocycles. The van der Waals surface area contributed by atoms with Crippen LogP contribution >= 0.6 is 23.2 Å². The van der Waals surface area contributed by atoms with Crippen molar-refractivity contribution in [2.75, 3.05) is 19.7 Å². The standard InChI is InChI=1S/C16H20Cl2N2O2/c1-10-7-20-8-12(6-13(20)9-22-10)19-16(21)5-11-2-3-14(17)15(18)4-11/h2-4,10,12-13H,5-9H2,1H3,(H,19,21)/t10-,12+,13-/m0/s1. The molecule has 3 atom stereocenters. The maximum Gasteiger partial charge on any atom is 0.224 e. The van der Waals surface area contributed by atoms with Crippen LogP contribution in [0.25, 0.3) is 0 Å². The van der Waals surface area contributed by atoms with Gasteiger partial charge in [0, 0.05) is 25.2 Å². The van der Waals surface area contributed by atoms with E-state index in [1.54, 1.807) is 12.1 Å². The quantitative estimate of drug-likeness (QED) is 0.917. The van der Waals surface area contributed by atoms with Crippen molar-refractivity contribution in [3.8, 4) is 0 Å². The lowest BCUT2D eigenvalue weighted by Gasteiger charge is -2.33. The lowest BCUT2D eigenvalue weighted by molar-refractivity contribution is -0.121. The number of hydrogen-bond donors (Lipinski definition) is 1. The van der Waals surface area contributed by atoms with Crippen LogP contribution in [0.15, 0.2) is 18.2 Å². The zero-order valence-electron chi connectivity index (χ0n) is 12.5. The molecule has 2 heterocycles. The molecule has 1 amide bonds. The van der Waals surface area contributed by atoms with Gasteiger partial charge in [0.1, 0.15) is 0 Å². The number of carbonyl (C=O) groups excluding carboxylic acids is 1. The van der Waals surface area contributed by atoms with E-state index in [-0.39, 0.29) is 18.1 Å². The summed E-state index contributed by atoms with van der Waals surface area (Å²) in [5, 5.41) is 4.11. The van der Waals surface area contributed by atoms with Crippen LogP contribution in [-0.4, -0.2) is 48.7 Å². The molecule has 0 spiro atoms. The SMILES string of the molecule is C[C@H]1CN2C[C@H](NC(=O)Cc3ccc(Cl)c(Cl)c3)C[C@H]2CO1. The highest BCUT2D eigenvalue weighted by Crippen LogP contribution is 2.24. The fourth-order valence-electron chi connectivity index (χ4n) is 3.26. The van der Waals surface area contributed by atoms with E-state index in [9.17, 15) is 4.79 Å². The fourth-order valence-corrected chi connectivity index (χ4v) is 3.58. The molecule has 0 aliphatic carbocycles. The van der Waals surface area contributed by atoms with Gasteiger partial charge in [0.2, 0.25) is 5.91 Å². The molecular formula is C16H20Cl2N2O2. The van der Waals surface area contributed by atoms with Crippen LogP contribution in [0.2, 0.25) is 10.0 Å². The summed E-state index contributed by atoms with van der Waals surface area (Å²) >= 11 is 11.9. The van der Waals surface area contributed by atoms with Crippen molar-refractivity contribution < 1.29 is 9.53 Å². The molecule has 1 aromatic rings. The monoisotopic (exact) mass is 342 g/mol. The Morgan fingerprint density at radius 1 is 1.36 bits per heavy atom. The third kappa shape index (κ3) is 3.74. The summed E-state index contributed by atoms with van der Waals surface area (Å²) in [4.78, 5) is 14.6. The summed E-state index contributed by atoms with van der Waals surface area (Å²) in [5.74, 6) is 0.0252. The van der Waals surface area contributed by atoms with Crippen LogP contribution < -0.4 is 5.32 Å². The van der Waals surface area contributed by atoms with E-state index < -0.39 is 0 Å². The zero-order valence-corrected chi connectivity index (χ0v) is 14.0. The number of nitrogens with zero attached hydrogens (tertiary/aromatic N) is 1. The highest BCUT2D eigenvalue weighted by Gasteiger charge is 2.36. The third-order valence-electron chi connectivity index (χ3n) is 4.31. The van der Waals surface area contributed by atoms with Gasteiger partial charge in [-0.15, -0.1) is 0 Å². The predicted molar refractivity (Wildman–Crippen MR) is 87.5 cm³/mol. The normalized spacial score (nSPS) is 28.4. The second kappa shape index (κ2) is 6.75. The molecule has 1 aromatic carbocycles. The lowest BCUT2D eigenvalue weighted by Crippen LogP contribution is -2.45. The number of ether oxygens (including phenoxy) is 1. The summed E-state index contributed by atoms with van der Waals surface area (Å²) in [5.41, 5.74) is 0.875. The molecule has 2 saturated heterocycles. The molecule has 4 nitrogen and oxygen atoms in total. The molecule has 2 fully saturated rings. The van der Waals surface area contributed by atoms with E-state index in [0.717, 1.165) is 31.7 Å². The van der Waals surface area contributed by atoms with Crippen molar-refractivity contribution in [2.45, 2.75) is 38.0 Å². The van der Waals surface area contributed by atoms with Crippen molar-refractivity contribution in [3.05, 3.63) is 33.8 Å². The first-order chi connectivity index (χ1) is 10.5. The average molecular weight is 343 g/mol. The van der Waals surface area contributed by atoms with Gasteiger partial charge in [-0.2, -0.15) is 0 Å². The van der Waals surface area contributed by atoms with Gasteiger partial charge in [0.25, 0.3) is 0 Å². The predicted octanol–water partition coefficient (Wildman–Crippen LogP) is 2.51. The number of benzene rings is 1. The Balaban J connectivity index is 1.53. The highest BCUT2D eigenvalue weighted by atomic mass is 35.5. The first kappa shape index (κ1) is 16.1.